The van der Waals surface area contributed by atoms with E-state index in [0.29, 0.717) is 0 Å². The third-order valence-electron chi connectivity index (χ3n) is 2.25. The zero-order valence-electron chi connectivity index (χ0n) is 9.72. The van der Waals surface area contributed by atoms with E-state index in [1.807, 2.05) is 31.3 Å². The zero-order valence-corrected chi connectivity index (χ0v) is 12.1. The van der Waals surface area contributed by atoms with Crippen LogP contribution in [0.2, 0.25) is 0 Å². The third-order valence-corrected chi connectivity index (χ3v) is 3.72. The molecule has 0 fully saturated rings. The number of alkyl halides is 1. The lowest BCUT2D eigenvalue weighted by Gasteiger charge is -2.15. The Morgan fingerprint density at radius 2 is 2.06 bits per heavy atom. The number of thiazole rings is 1. The highest BCUT2D eigenvalue weighted by atomic mass is 79.9. The molecule has 2 rings (SSSR count). The number of anilines is 1. The molecule has 0 spiro atoms. The predicted octanol–water partition coefficient (Wildman–Crippen LogP) is 2.77. The smallest absolute Gasteiger partial charge is 0.225 e. The molecular formula is C11H13BrN4S. The molecule has 0 saturated carbocycles. The van der Waals surface area contributed by atoms with Gasteiger partial charge in [-0.3, -0.25) is 0 Å². The summed E-state index contributed by atoms with van der Waals surface area (Å²) in [5.74, 6) is 0.723. The molecule has 4 nitrogen and oxygen atoms in total. The Hall–Kier alpha value is -1.01. The summed E-state index contributed by atoms with van der Waals surface area (Å²) >= 11 is 5.04. The van der Waals surface area contributed by atoms with E-state index in [9.17, 15) is 0 Å². The van der Waals surface area contributed by atoms with Gasteiger partial charge in [0.1, 0.15) is 0 Å². The van der Waals surface area contributed by atoms with Crippen molar-refractivity contribution in [3.8, 4) is 0 Å². The summed E-state index contributed by atoms with van der Waals surface area (Å²) < 4.78 is 0. The average molecular weight is 313 g/mol. The van der Waals surface area contributed by atoms with Crippen molar-refractivity contribution in [3.63, 3.8) is 0 Å². The number of hydrogen-bond acceptors (Lipinski definition) is 5. The van der Waals surface area contributed by atoms with Gasteiger partial charge in [0.15, 0.2) is 0 Å². The minimum Gasteiger partial charge on any atom is -0.338 e. The topological polar surface area (TPSA) is 41.9 Å². The molecule has 90 valence electrons. The molecule has 17 heavy (non-hydrogen) atoms. The molecule has 0 N–H and O–H groups in total. The lowest BCUT2D eigenvalue weighted by Crippen LogP contribution is -2.19. The van der Waals surface area contributed by atoms with E-state index in [0.717, 1.165) is 34.1 Å². The largest absolute Gasteiger partial charge is 0.338 e. The molecule has 0 aliphatic carbocycles. The Labute approximate surface area is 113 Å². The first kappa shape index (κ1) is 12.4. The van der Waals surface area contributed by atoms with Crippen molar-refractivity contribution >= 4 is 33.2 Å². The number of nitrogens with zero attached hydrogens (tertiary/aromatic N) is 4. The van der Waals surface area contributed by atoms with Gasteiger partial charge in [0.05, 0.1) is 17.2 Å². The zero-order chi connectivity index (χ0) is 12.3. The van der Waals surface area contributed by atoms with Gasteiger partial charge in [0, 0.05) is 30.2 Å². The molecule has 0 aliphatic rings. The fraction of sp³-hybridized carbons (Fsp3) is 0.364. The first-order chi connectivity index (χ1) is 8.19. The molecule has 0 aliphatic heterocycles. The van der Waals surface area contributed by atoms with Crippen LogP contribution in [0, 0.1) is 6.92 Å². The summed E-state index contributed by atoms with van der Waals surface area (Å²) in [5.41, 5.74) is 2.13. The van der Waals surface area contributed by atoms with E-state index in [1.165, 1.54) is 0 Å². The number of halogens is 1. The summed E-state index contributed by atoms with van der Waals surface area (Å²) in [7, 11) is 1.97. The lowest BCUT2D eigenvalue weighted by atomic mass is 10.4. The van der Waals surface area contributed by atoms with Crippen LogP contribution in [0.15, 0.2) is 17.8 Å². The third kappa shape index (κ3) is 3.23. The quantitative estimate of drug-likeness (QED) is 0.814. The second-order valence-electron chi connectivity index (χ2n) is 3.74. The number of rotatable bonds is 4. The fourth-order valence-corrected chi connectivity index (χ4v) is 2.30. The highest BCUT2D eigenvalue weighted by molar-refractivity contribution is 9.08. The van der Waals surface area contributed by atoms with Crippen molar-refractivity contribution in [2.75, 3.05) is 11.9 Å². The summed E-state index contributed by atoms with van der Waals surface area (Å²) in [6, 6.07) is 0. The Morgan fingerprint density at radius 1 is 1.35 bits per heavy atom. The van der Waals surface area contributed by atoms with Crippen molar-refractivity contribution in [2.45, 2.75) is 18.8 Å². The van der Waals surface area contributed by atoms with Gasteiger partial charge in [-0.2, -0.15) is 0 Å². The van der Waals surface area contributed by atoms with Crippen LogP contribution < -0.4 is 4.90 Å². The average Bonchev–Trinajstić information content (AvgIpc) is 2.75. The predicted molar refractivity (Wildman–Crippen MR) is 73.6 cm³/mol. The molecule has 0 atom stereocenters. The van der Waals surface area contributed by atoms with E-state index >= 15 is 0 Å². The number of hydrogen-bond donors (Lipinski definition) is 0. The van der Waals surface area contributed by atoms with Crippen LogP contribution >= 0.6 is 27.3 Å². The molecule has 0 aromatic carbocycles. The van der Waals surface area contributed by atoms with Crippen LogP contribution in [0.25, 0.3) is 0 Å². The standard InChI is InChI=1S/C11H13BrN4S/c1-8-15-10(7-17-8)6-16(2)11-13-4-9(3-12)5-14-11/h4-5,7H,3,6H2,1-2H3. The van der Waals surface area contributed by atoms with Gasteiger partial charge in [-0.25, -0.2) is 15.0 Å². The van der Waals surface area contributed by atoms with Crippen molar-refractivity contribution < 1.29 is 0 Å². The van der Waals surface area contributed by atoms with Crippen LogP contribution in [-0.2, 0) is 11.9 Å². The van der Waals surface area contributed by atoms with Crippen molar-refractivity contribution in [2.24, 2.45) is 0 Å². The molecular weight excluding hydrogens is 300 g/mol. The van der Waals surface area contributed by atoms with Crippen molar-refractivity contribution in [1.82, 2.24) is 15.0 Å². The minimum atomic E-state index is 0.723. The Morgan fingerprint density at radius 3 is 2.59 bits per heavy atom. The normalized spacial score (nSPS) is 10.5. The first-order valence-electron chi connectivity index (χ1n) is 5.18. The SMILES string of the molecule is Cc1nc(CN(C)c2ncc(CBr)cn2)cs1. The number of aryl methyl sites for hydroxylation is 1. The van der Waals surface area contributed by atoms with Gasteiger partial charge in [0.2, 0.25) is 5.95 Å². The van der Waals surface area contributed by atoms with Gasteiger partial charge < -0.3 is 4.90 Å². The molecule has 0 bridgehead atoms. The van der Waals surface area contributed by atoms with Crippen LogP contribution in [0.4, 0.5) is 5.95 Å². The molecule has 0 radical (unpaired) electrons. The molecule has 0 amide bonds. The minimum absolute atomic E-state index is 0.723. The van der Waals surface area contributed by atoms with Gasteiger partial charge in [-0.1, -0.05) is 15.9 Å². The van der Waals surface area contributed by atoms with Gasteiger partial charge in [0.25, 0.3) is 0 Å². The van der Waals surface area contributed by atoms with Crippen molar-refractivity contribution in [1.29, 1.82) is 0 Å². The molecule has 2 aromatic heterocycles. The van der Waals surface area contributed by atoms with E-state index in [1.54, 1.807) is 11.3 Å². The maximum atomic E-state index is 4.42. The fourth-order valence-electron chi connectivity index (χ4n) is 1.41. The summed E-state index contributed by atoms with van der Waals surface area (Å²) in [6.45, 7) is 2.74. The lowest BCUT2D eigenvalue weighted by molar-refractivity contribution is 0.842. The van der Waals surface area contributed by atoms with Crippen LogP contribution in [-0.4, -0.2) is 22.0 Å². The van der Waals surface area contributed by atoms with Gasteiger partial charge >= 0.3 is 0 Å². The summed E-state index contributed by atoms with van der Waals surface area (Å²) in [4.78, 5) is 15.0. The second-order valence-corrected chi connectivity index (χ2v) is 5.36. The maximum absolute atomic E-state index is 4.42. The van der Waals surface area contributed by atoms with Crippen molar-refractivity contribution in [3.05, 3.63) is 34.0 Å². The molecule has 0 unspecified atom stereocenters. The second kappa shape index (κ2) is 5.55. The van der Waals surface area contributed by atoms with Gasteiger partial charge in [-0.15, -0.1) is 11.3 Å². The highest BCUT2D eigenvalue weighted by Crippen LogP contribution is 2.13. The molecule has 0 saturated heterocycles. The van der Waals surface area contributed by atoms with Crippen LogP contribution in [0.3, 0.4) is 0 Å². The van der Waals surface area contributed by atoms with Crippen LogP contribution in [0.1, 0.15) is 16.3 Å². The first-order valence-corrected chi connectivity index (χ1v) is 7.18. The number of aromatic nitrogens is 3. The van der Waals surface area contributed by atoms with Crippen LogP contribution in [0.5, 0.6) is 0 Å². The monoisotopic (exact) mass is 312 g/mol. The van der Waals surface area contributed by atoms with E-state index < -0.39 is 0 Å². The van der Waals surface area contributed by atoms with E-state index in [-0.39, 0.29) is 0 Å². The molecule has 2 heterocycles. The Kier molecular flexibility index (Phi) is 4.06. The summed E-state index contributed by atoms with van der Waals surface area (Å²) in [5, 5.41) is 3.94. The molecule has 2 aromatic rings. The van der Waals surface area contributed by atoms with Gasteiger partial charge in [-0.05, 0) is 12.5 Å². The Bertz CT molecular complexity index is 482. The maximum Gasteiger partial charge on any atom is 0.225 e. The molecule has 6 heteroatoms. The van der Waals surface area contributed by atoms with E-state index in [4.69, 9.17) is 0 Å². The Balaban J connectivity index is 2.06. The highest BCUT2D eigenvalue weighted by Gasteiger charge is 2.07. The van der Waals surface area contributed by atoms with E-state index in [2.05, 4.69) is 36.3 Å². The summed E-state index contributed by atoms with van der Waals surface area (Å²) in [6.07, 6.45) is 3.67.